The zero-order chi connectivity index (χ0) is 26.4. The van der Waals surface area contributed by atoms with Gasteiger partial charge in [-0.1, -0.05) is 31.2 Å². The number of piperidine rings is 1. The van der Waals surface area contributed by atoms with Crippen LogP contribution in [-0.2, 0) is 30.8 Å². The van der Waals surface area contributed by atoms with Gasteiger partial charge in [-0.15, -0.1) is 0 Å². The van der Waals surface area contributed by atoms with Crippen LogP contribution in [0.4, 0.5) is 11.4 Å². The third-order valence-electron chi connectivity index (χ3n) is 7.13. The Hall–Kier alpha value is -2.91. The van der Waals surface area contributed by atoms with E-state index in [4.69, 9.17) is 4.74 Å². The molecule has 200 valence electrons. The van der Waals surface area contributed by atoms with Gasteiger partial charge in [0, 0.05) is 31.2 Å². The molecule has 4 rings (SSSR count). The summed E-state index contributed by atoms with van der Waals surface area (Å²) in [7, 11) is -3.93. The molecule has 1 aliphatic heterocycles. The Balaban J connectivity index is 1.62. The zero-order valence-corrected chi connectivity index (χ0v) is 22.5. The van der Waals surface area contributed by atoms with Gasteiger partial charge < -0.3 is 15.0 Å². The Kier molecular flexibility index (Phi) is 8.87. The molecule has 2 aliphatic rings. The number of hydrogen-bond donors (Lipinski definition) is 2. The minimum atomic E-state index is -3.93. The van der Waals surface area contributed by atoms with Crippen LogP contribution in [-0.4, -0.2) is 40.0 Å². The summed E-state index contributed by atoms with van der Waals surface area (Å²) >= 11 is 0. The molecule has 0 radical (unpaired) electrons. The fraction of sp³-hybridized carbons (Fsp3) is 0.500. The Morgan fingerprint density at radius 3 is 2.54 bits per heavy atom. The van der Waals surface area contributed by atoms with E-state index in [1.54, 1.807) is 25.1 Å². The van der Waals surface area contributed by atoms with Crippen molar-refractivity contribution in [1.29, 1.82) is 0 Å². The number of anilines is 2. The van der Waals surface area contributed by atoms with Crippen LogP contribution in [0.2, 0.25) is 0 Å². The van der Waals surface area contributed by atoms with Gasteiger partial charge in [-0.25, -0.2) is 13.1 Å². The summed E-state index contributed by atoms with van der Waals surface area (Å²) in [6.45, 7) is 5.15. The van der Waals surface area contributed by atoms with Crippen molar-refractivity contribution in [3.8, 4) is 0 Å². The Morgan fingerprint density at radius 2 is 1.81 bits per heavy atom. The fourth-order valence-electron chi connectivity index (χ4n) is 5.26. The number of nitrogens with one attached hydrogen (secondary N) is 2. The van der Waals surface area contributed by atoms with Crippen LogP contribution in [0.15, 0.2) is 47.4 Å². The number of benzene rings is 2. The highest BCUT2D eigenvalue weighted by atomic mass is 32.2. The third-order valence-corrected chi connectivity index (χ3v) is 8.63. The highest BCUT2D eigenvalue weighted by molar-refractivity contribution is 7.89. The quantitative estimate of drug-likeness (QED) is 0.463. The maximum absolute atomic E-state index is 13.9. The van der Waals surface area contributed by atoms with Crippen molar-refractivity contribution in [3.63, 3.8) is 0 Å². The van der Waals surface area contributed by atoms with E-state index in [1.807, 2.05) is 30.0 Å². The van der Waals surface area contributed by atoms with Crippen LogP contribution in [0.25, 0.3) is 0 Å². The van der Waals surface area contributed by atoms with E-state index in [0.717, 1.165) is 24.8 Å². The molecule has 37 heavy (non-hydrogen) atoms. The van der Waals surface area contributed by atoms with Gasteiger partial charge in [0.2, 0.25) is 15.9 Å². The first-order chi connectivity index (χ1) is 17.8. The molecule has 1 fully saturated rings. The fourth-order valence-corrected chi connectivity index (χ4v) is 6.76. The first-order valence-corrected chi connectivity index (χ1v) is 14.8. The van der Waals surface area contributed by atoms with E-state index in [9.17, 15) is 18.0 Å². The minimum Gasteiger partial charge on any atom is -0.466 e. The van der Waals surface area contributed by atoms with Gasteiger partial charge in [0.1, 0.15) is 4.90 Å². The molecule has 0 bridgehead atoms. The third kappa shape index (κ3) is 6.51. The average molecular weight is 528 g/mol. The number of carbonyl (C=O) groups is 2. The molecule has 0 saturated carbocycles. The Labute approximate surface area is 219 Å². The summed E-state index contributed by atoms with van der Waals surface area (Å²) in [4.78, 5) is 26.6. The van der Waals surface area contributed by atoms with Crippen molar-refractivity contribution in [2.45, 2.75) is 69.7 Å². The Bertz CT molecular complexity index is 1220. The highest BCUT2D eigenvalue weighted by Gasteiger charge is 2.32. The molecule has 2 N–H and O–H groups in total. The number of amides is 1. The number of nitrogens with zero attached hydrogens (tertiary/aromatic N) is 1. The van der Waals surface area contributed by atoms with Crippen molar-refractivity contribution in [2.75, 3.05) is 29.9 Å². The maximum atomic E-state index is 13.9. The topological polar surface area (TPSA) is 105 Å². The van der Waals surface area contributed by atoms with Gasteiger partial charge in [0.05, 0.1) is 18.2 Å². The molecule has 8 nitrogen and oxygen atoms in total. The second-order valence-electron chi connectivity index (χ2n) is 9.76. The normalized spacial score (nSPS) is 18.2. The lowest BCUT2D eigenvalue weighted by Gasteiger charge is -2.34. The summed E-state index contributed by atoms with van der Waals surface area (Å²) in [5.41, 5.74) is 3.21. The first-order valence-electron chi connectivity index (χ1n) is 13.3. The van der Waals surface area contributed by atoms with Crippen LogP contribution < -0.4 is 14.9 Å². The zero-order valence-electron chi connectivity index (χ0n) is 21.7. The largest absolute Gasteiger partial charge is 0.466 e. The number of esters is 1. The van der Waals surface area contributed by atoms with Crippen molar-refractivity contribution in [1.82, 2.24) is 4.72 Å². The van der Waals surface area contributed by atoms with Crippen LogP contribution in [0.5, 0.6) is 0 Å². The van der Waals surface area contributed by atoms with Crippen molar-refractivity contribution >= 4 is 33.3 Å². The van der Waals surface area contributed by atoms with Crippen molar-refractivity contribution in [3.05, 3.63) is 53.6 Å². The van der Waals surface area contributed by atoms with E-state index >= 15 is 0 Å². The number of ether oxygens (including phenoxy) is 1. The Morgan fingerprint density at radius 1 is 1.05 bits per heavy atom. The van der Waals surface area contributed by atoms with Gasteiger partial charge >= 0.3 is 5.97 Å². The van der Waals surface area contributed by atoms with Gasteiger partial charge in [0.25, 0.3) is 0 Å². The smallest absolute Gasteiger partial charge is 0.309 e. The predicted molar refractivity (Wildman–Crippen MR) is 144 cm³/mol. The predicted octanol–water partition coefficient (Wildman–Crippen LogP) is 4.56. The van der Waals surface area contributed by atoms with Gasteiger partial charge in [-0.3, -0.25) is 9.59 Å². The van der Waals surface area contributed by atoms with Crippen LogP contribution in [0, 0.1) is 5.92 Å². The maximum Gasteiger partial charge on any atom is 0.309 e. The summed E-state index contributed by atoms with van der Waals surface area (Å²) < 4.78 is 35.9. The molecular weight excluding hydrogens is 490 g/mol. The molecule has 1 heterocycles. The summed E-state index contributed by atoms with van der Waals surface area (Å²) in [5.74, 6) is -0.523. The molecule has 2 aromatic carbocycles. The lowest BCUT2D eigenvalue weighted by molar-refractivity contribution is -0.148. The van der Waals surface area contributed by atoms with E-state index < -0.39 is 10.0 Å². The summed E-state index contributed by atoms with van der Waals surface area (Å²) in [6.07, 6.45) is 4.83. The molecule has 1 saturated heterocycles. The number of carbonyl (C=O) groups excluding carboxylic acids is 2. The van der Waals surface area contributed by atoms with E-state index in [2.05, 4.69) is 16.1 Å². The number of fused-ring (bicyclic) bond motifs is 1. The molecular formula is C28H37N3O5S. The second kappa shape index (κ2) is 12.1. The second-order valence-corrected chi connectivity index (χ2v) is 11.4. The van der Waals surface area contributed by atoms with Crippen molar-refractivity contribution < 1.29 is 22.7 Å². The van der Waals surface area contributed by atoms with Gasteiger partial charge in [-0.05, 0) is 74.8 Å². The standard InChI is InChI=1S/C28H37N3O5S/c1-3-8-27(32)29-22-13-14-25(31-17-15-21(16-18-31)28(33)36-4-2)26(19-22)37(34,35)30-24-12-7-10-20-9-5-6-11-23(20)24/h5-6,9,11,13-14,19,21,24,30H,3-4,7-8,10,12,15-18H2,1-2H3,(H,29,32). The SMILES string of the molecule is CCCC(=O)Nc1ccc(N2CCC(C(=O)OCC)CC2)c(S(=O)(=O)NC2CCCc3ccccc32)c1. The van der Waals surface area contributed by atoms with Crippen molar-refractivity contribution in [2.24, 2.45) is 5.92 Å². The monoisotopic (exact) mass is 527 g/mol. The van der Waals surface area contributed by atoms with Gasteiger partial charge in [0.15, 0.2) is 0 Å². The molecule has 1 amide bonds. The first kappa shape index (κ1) is 27.1. The molecule has 1 atom stereocenters. The number of hydrogen-bond acceptors (Lipinski definition) is 6. The molecule has 1 aliphatic carbocycles. The number of rotatable bonds is 9. The van der Waals surface area contributed by atoms with Gasteiger partial charge in [-0.2, -0.15) is 0 Å². The number of aryl methyl sites for hydroxylation is 1. The van der Waals surface area contributed by atoms with Crippen LogP contribution in [0.1, 0.15) is 69.5 Å². The van der Waals surface area contributed by atoms with E-state index in [0.29, 0.717) is 56.8 Å². The van der Waals surface area contributed by atoms with Crippen LogP contribution >= 0.6 is 0 Å². The molecule has 9 heteroatoms. The molecule has 2 aromatic rings. The van der Waals surface area contributed by atoms with E-state index in [-0.39, 0.29) is 28.7 Å². The number of sulfonamides is 1. The minimum absolute atomic E-state index is 0.138. The lowest BCUT2D eigenvalue weighted by atomic mass is 9.88. The average Bonchev–Trinajstić information content (AvgIpc) is 2.89. The molecule has 0 spiro atoms. The van der Waals surface area contributed by atoms with Crippen LogP contribution in [0.3, 0.4) is 0 Å². The molecule has 1 unspecified atom stereocenters. The van der Waals surface area contributed by atoms with E-state index in [1.165, 1.54) is 5.56 Å². The molecule has 0 aromatic heterocycles. The summed E-state index contributed by atoms with van der Waals surface area (Å²) in [6, 6.07) is 12.7. The highest BCUT2D eigenvalue weighted by Crippen LogP contribution is 2.35. The summed E-state index contributed by atoms with van der Waals surface area (Å²) in [5, 5.41) is 2.83. The lowest BCUT2D eigenvalue weighted by Crippen LogP contribution is -2.38.